The summed E-state index contributed by atoms with van der Waals surface area (Å²) in [5, 5.41) is 8.96. The van der Waals surface area contributed by atoms with Crippen molar-refractivity contribution in [2.45, 2.75) is 31.2 Å². The molecule has 1 N–H and O–H groups in total. The third-order valence-electron chi connectivity index (χ3n) is 2.48. The van der Waals surface area contributed by atoms with Gasteiger partial charge >= 0.3 is 5.97 Å². The zero-order chi connectivity index (χ0) is 15.7. The van der Waals surface area contributed by atoms with E-state index in [2.05, 4.69) is 22.5 Å². The number of nitrogens with zero attached hydrogens (tertiary/aromatic N) is 1. The summed E-state index contributed by atoms with van der Waals surface area (Å²) in [6.07, 6.45) is 1.50. The molecule has 0 aliphatic carbocycles. The first-order chi connectivity index (χ1) is 9.01. The Morgan fingerprint density at radius 3 is 2.45 bits per heavy atom. The molecule has 0 bridgehead atoms. The molecule has 0 fully saturated rings. The van der Waals surface area contributed by atoms with Crippen LogP contribution >= 0.6 is 27.3 Å². The van der Waals surface area contributed by atoms with E-state index in [1.165, 1.54) is 16.4 Å². The molecule has 0 amide bonds. The van der Waals surface area contributed by atoms with Crippen molar-refractivity contribution in [2.24, 2.45) is 0 Å². The first-order valence-electron chi connectivity index (χ1n) is 5.68. The first-order valence-corrected chi connectivity index (χ1v) is 8.73. The van der Waals surface area contributed by atoms with Crippen molar-refractivity contribution in [2.75, 3.05) is 6.54 Å². The molecule has 0 aliphatic rings. The molecule has 112 valence electrons. The summed E-state index contributed by atoms with van der Waals surface area (Å²) < 4.78 is 26.9. The Bertz CT molecular complexity index is 628. The maximum atomic E-state index is 12.7. The number of sulfonamides is 1. The molecule has 0 unspecified atom stereocenters. The van der Waals surface area contributed by atoms with Crippen LogP contribution < -0.4 is 0 Å². The van der Waals surface area contributed by atoms with Crippen LogP contribution in [0.1, 0.15) is 30.4 Å². The van der Waals surface area contributed by atoms with E-state index < -0.39 is 21.5 Å². The smallest absolute Gasteiger partial charge is 0.345 e. The van der Waals surface area contributed by atoms with Crippen LogP contribution in [0, 0.1) is 0 Å². The summed E-state index contributed by atoms with van der Waals surface area (Å²) in [4.78, 5) is 10.9. The van der Waals surface area contributed by atoms with Gasteiger partial charge in [0, 0.05) is 12.1 Å². The number of halogens is 1. The Hall–Kier alpha value is -0.700. The van der Waals surface area contributed by atoms with Crippen LogP contribution in [0.3, 0.4) is 0 Å². The van der Waals surface area contributed by atoms with Gasteiger partial charge in [0.25, 0.3) is 0 Å². The van der Waals surface area contributed by atoms with Gasteiger partial charge < -0.3 is 5.11 Å². The van der Waals surface area contributed by atoms with Crippen LogP contribution in [0.2, 0.25) is 0 Å². The predicted octanol–water partition coefficient (Wildman–Crippen LogP) is 3.18. The molecule has 1 rings (SSSR count). The summed E-state index contributed by atoms with van der Waals surface area (Å²) in [6, 6.07) is 1.17. The van der Waals surface area contributed by atoms with Crippen molar-refractivity contribution < 1.29 is 18.3 Å². The molecule has 0 aliphatic heterocycles. The Morgan fingerprint density at radius 2 is 2.10 bits per heavy atom. The van der Waals surface area contributed by atoms with Gasteiger partial charge in [-0.15, -0.1) is 17.9 Å². The second-order valence-electron chi connectivity index (χ2n) is 5.05. The fourth-order valence-electron chi connectivity index (χ4n) is 1.60. The molecule has 8 heteroatoms. The number of carbonyl (C=O) groups is 1. The van der Waals surface area contributed by atoms with E-state index in [9.17, 15) is 13.2 Å². The van der Waals surface area contributed by atoms with Crippen LogP contribution in [-0.2, 0) is 10.0 Å². The lowest BCUT2D eigenvalue weighted by molar-refractivity contribution is 0.0702. The molecule has 5 nitrogen and oxygen atoms in total. The third-order valence-corrected chi connectivity index (χ3v) is 6.85. The second-order valence-corrected chi connectivity index (χ2v) is 9.25. The number of rotatable bonds is 5. The highest BCUT2D eigenvalue weighted by Gasteiger charge is 2.35. The maximum absolute atomic E-state index is 12.7. The van der Waals surface area contributed by atoms with Gasteiger partial charge in [-0.05, 0) is 42.8 Å². The lowest BCUT2D eigenvalue weighted by Gasteiger charge is -2.33. The monoisotopic (exact) mass is 381 g/mol. The number of thiophene rings is 1. The van der Waals surface area contributed by atoms with Gasteiger partial charge in [0.05, 0.1) is 3.79 Å². The minimum Gasteiger partial charge on any atom is -0.477 e. The molecular formula is C12H16BrNO4S2. The quantitative estimate of drug-likeness (QED) is 0.794. The van der Waals surface area contributed by atoms with E-state index in [1.54, 1.807) is 20.8 Å². The fourth-order valence-corrected chi connectivity index (χ4v) is 5.72. The van der Waals surface area contributed by atoms with Crippen molar-refractivity contribution in [1.29, 1.82) is 0 Å². The number of aromatic carboxylic acids is 1. The maximum Gasteiger partial charge on any atom is 0.345 e. The Kier molecular flexibility index (Phi) is 5.18. The van der Waals surface area contributed by atoms with Crippen LogP contribution in [0.25, 0.3) is 0 Å². The van der Waals surface area contributed by atoms with Crippen LogP contribution in [0.5, 0.6) is 0 Å². The normalized spacial score (nSPS) is 12.7. The molecule has 0 atom stereocenters. The average Bonchev–Trinajstić information content (AvgIpc) is 2.67. The molecular weight excluding hydrogens is 366 g/mol. The van der Waals surface area contributed by atoms with Gasteiger partial charge in [-0.2, -0.15) is 4.31 Å². The molecule has 0 spiro atoms. The van der Waals surface area contributed by atoms with E-state index in [1.807, 2.05) is 0 Å². The van der Waals surface area contributed by atoms with Crippen LogP contribution in [0.4, 0.5) is 0 Å². The van der Waals surface area contributed by atoms with Gasteiger partial charge in [-0.1, -0.05) is 6.08 Å². The molecule has 0 radical (unpaired) electrons. The highest BCUT2D eigenvalue weighted by Crippen LogP contribution is 2.35. The summed E-state index contributed by atoms with van der Waals surface area (Å²) in [7, 11) is -3.80. The Morgan fingerprint density at radius 1 is 1.55 bits per heavy atom. The number of carboxylic acid groups (broad SMARTS) is 1. The van der Waals surface area contributed by atoms with E-state index in [-0.39, 0.29) is 20.1 Å². The third kappa shape index (κ3) is 3.49. The van der Waals surface area contributed by atoms with Gasteiger partial charge in [-0.3, -0.25) is 0 Å². The van der Waals surface area contributed by atoms with E-state index in [0.29, 0.717) is 0 Å². The Balaban J connectivity index is 3.41. The summed E-state index contributed by atoms with van der Waals surface area (Å²) in [5.41, 5.74) is -0.641. The molecule has 1 aromatic heterocycles. The molecule has 20 heavy (non-hydrogen) atoms. The topological polar surface area (TPSA) is 74.7 Å². The SMILES string of the molecule is C=CCN(C(C)(C)C)S(=O)(=O)c1cc(C(=O)O)sc1Br. The number of carboxylic acids is 1. The van der Waals surface area contributed by atoms with Crippen molar-refractivity contribution >= 4 is 43.3 Å². The largest absolute Gasteiger partial charge is 0.477 e. The zero-order valence-electron chi connectivity index (χ0n) is 11.4. The number of hydrogen-bond acceptors (Lipinski definition) is 4. The molecule has 1 heterocycles. The van der Waals surface area contributed by atoms with Crippen molar-refractivity contribution in [1.82, 2.24) is 4.31 Å². The Labute approximate surface area is 131 Å². The van der Waals surface area contributed by atoms with E-state index in [4.69, 9.17) is 5.11 Å². The predicted molar refractivity (Wildman–Crippen MR) is 82.8 cm³/mol. The second kappa shape index (κ2) is 5.97. The highest BCUT2D eigenvalue weighted by atomic mass is 79.9. The van der Waals surface area contributed by atoms with Gasteiger partial charge in [-0.25, -0.2) is 13.2 Å². The summed E-state index contributed by atoms with van der Waals surface area (Å²) in [5.74, 6) is -1.15. The molecule has 0 saturated carbocycles. The molecule has 0 saturated heterocycles. The van der Waals surface area contributed by atoms with Crippen LogP contribution in [-0.4, -0.2) is 35.9 Å². The van der Waals surface area contributed by atoms with Crippen molar-refractivity contribution in [3.05, 3.63) is 27.4 Å². The van der Waals surface area contributed by atoms with Gasteiger partial charge in [0.15, 0.2) is 0 Å². The van der Waals surface area contributed by atoms with Gasteiger partial charge in [0.1, 0.15) is 9.77 Å². The van der Waals surface area contributed by atoms with Crippen molar-refractivity contribution in [3.63, 3.8) is 0 Å². The fraction of sp³-hybridized carbons (Fsp3) is 0.417. The minimum atomic E-state index is -3.80. The van der Waals surface area contributed by atoms with Gasteiger partial charge in [0.2, 0.25) is 10.0 Å². The average molecular weight is 382 g/mol. The lowest BCUT2D eigenvalue weighted by atomic mass is 10.1. The number of hydrogen-bond donors (Lipinski definition) is 1. The standard InChI is InChI=1S/C12H16BrNO4S2/c1-5-6-14(12(2,3)4)20(17,18)9-7-8(11(15)16)19-10(9)13/h5,7H,1,6H2,2-4H3,(H,15,16). The zero-order valence-corrected chi connectivity index (χ0v) is 14.6. The van der Waals surface area contributed by atoms with E-state index >= 15 is 0 Å². The summed E-state index contributed by atoms with van der Waals surface area (Å²) in [6.45, 7) is 9.03. The minimum absolute atomic E-state index is 0.0251. The summed E-state index contributed by atoms with van der Waals surface area (Å²) >= 11 is 4.01. The van der Waals surface area contributed by atoms with Crippen molar-refractivity contribution in [3.8, 4) is 0 Å². The highest BCUT2D eigenvalue weighted by molar-refractivity contribution is 9.11. The molecule has 0 aromatic carbocycles. The van der Waals surface area contributed by atoms with E-state index in [0.717, 1.165) is 11.3 Å². The first kappa shape index (κ1) is 17.4. The molecule has 1 aromatic rings. The van der Waals surface area contributed by atoms with Crippen LogP contribution in [0.15, 0.2) is 27.4 Å². The lowest BCUT2D eigenvalue weighted by Crippen LogP contribution is -2.45.